The van der Waals surface area contributed by atoms with Gasteiger partial charge in [-0.25, -0.2) is 0 Å². The van der Waals surface area contributed by atoms with E-state index in [9.17, 15) is 0 Å². The summed E-state index contributed by atoms with van der Waals surface area (Å²) in [7, 11) is 0. The smallest absolute Gasteiger partial charge is 0.240 e. The quantitative estimate of drug-likeness (QED) is 0.177. The molecule has 0 saturated carbocycles. The van der Waals surface area contributed by atoms with Gasteiger partial charge in [0.15, 0.2) is 5.82 Å². The molecule has 0 saturated heterocycles. The Kier molecular flexibility index (Phi) is 8.18. The largest absolute Gasteiger partial charge is 0.308 e. The molecule has 0 amide bonds. The van der Waals surface area contributed by atoms with Crippen molar-refractivity contribution in [3.8, 4) is 73.5 Å². The zero-order valence-electron chi connectivity index (χ0n) is 38.0. The van der Waals surface area contributed by atoms with Gasteiger partial charge < -0.3 is 4.57 Å². The van der Waals surface area contributed by atoms with Crippen molar-refractivity contribution in [2.24, 2.45) is 0 Å². The zero-order valence-corrected chi connectivity index (χ0v) is 38.0. The minimum absolute atomic E-state index is 0.536. The number of fused-ring (bicyclic) bond motifs is 17. The fourth-order valence-corrected chi connectivity index (χ4v) is 11.6. The highest BCUT2D eigenvalue weighted by atomic mass is 15.3. The summed E-state index contributed by atoms with van der Waals surface area (Å²) in [4.78, 5) is 16.9. The lowest BCUT2D eigenvalue weighted by molar-refractivity contribution is 0.892. The maximum atomic E-state index is 5.70. The molecule has 0 bridgehead atoms. The summed E-state index contributed by atoms with van der Waals surface area (Å²) in [5.74, 6) is 1.64. The summed E-state index contributed by atoms with van der Waals surface area (Å²) >= 11 is 0. The molecular weight excluding hydrogens is 853 g/mol. The topological polar surface area (TPSA) is 53.5 Å². The SMILES string of the molecule is Cc1ccc2c(c1)-c1ccccc1-c1ccccc1-c1cc(-c3nc(-n4c5ccccc5c5ccccc54)nc(-n4c5ccccc5c5ccccc54)n3)c(-n3c4ccccc4c4ccccc43)cc1-2. The Balaban J connectivity index is 1.13. The molecule has 4 heterocycles. The molecule has 6 heteroatoms. The monoisotopic (exact) mass is 892 g/mol. The minimum atomic E-state index is 0.536. The molecule has 15 rings (SSSR count). The first-order valence-corrected chi connectivity index (χ1v) is 23.9. The number of benzene rings is 10. The molecule has 0 fully saturated rings. The Bertz CT molecular complexity index is 4220. The molecule has 0 unspecified atom stereocenters. The van der Waals surface area contributed by atoms with Crippen molar-refractivity contribution < 1.29 is 0 Å². The molecule has 1 aliphatic carbocycles. The highest BCUT2D eigenvalue weighted by molar-refractivity contribution is 6.12. The van der Waals surface area contributed by atoms with E-state index >= 15 is 0 Å². The van der Waals surface area contributed by atoms with Crippen LogP contribution < -0.4 is 0 Å². The third-order valence-corrected chi connectivity index (χ3v) is 14.6. The molecule has 326 valence electrons. The molecular formula is C64H40N6. The molecule has 10 aromatic carbocycles. The average Bonchev–Trinajstić information content (AvgIpc) is 4.06. The first-order valence-electron chi connectivity index (χ1n) is 23.9. The second-order valence-electron chi connectivity index (χ2n) is 18.4. The lowest BCUT2D eigenvalue weighted by atomic mass is 9.79. The van der Waals surface area contributed by atoms with Gasteiger partial charge >= 0.3 is 0 Å². The Labute approximate surface area is 402 Å². The Hall–Kier alpha value is -9.39. The minimum Gasteiger partial charge on any atom is -0.308 e. The van der Waals surface area contributed by atoms with Crippen molar-refractivity contribution in [1.29, 1.82) is 0 Å². The van der Waals surface area contributed by atoms with Crippen LogP contribution in [0.2, 0.25) is 0 Å². The zero-order chi connectivity index (χ0) is 46.0. The van der Waals surface area contributed by atoms with Crippen LogP contribution >= 0.6 is 0 Å². The van der Waals surface area contributed by atoms with E-state index in [-0.39, 0.29) is 0 Å². The predicted molar refractivity (Wildman–Crippen MR) is 288 cm³/mol. The molecule has 0 spiro atoms. The van der Waals surface area contributed by atoms with Crippen LogP contribution in [0.4, 0.5) is 0 Å². The number of hydrogen-bond donors (Lipinski definition) is 0. The first-order chi connectivity index (χ1) is 34.7. The molecule has 0 N–H and O–H groups in total. The van der Waals surface area contributed by atoms with Gasteiger partial charge in [-0.1, -0.05) is 181 Å². The standard InChI is InChI=1S/C64H40N6/c1-39-34-35-44-51(36-39)42-20-4-2-18-40(42)41-19-3-5-21-43(41)52-37-54(61(38-53(44)52)68-55-28-12-6-22-45(55)46-23-7-13-29-56(46)68)62-65-63(69-57-30-14-8-24-47(57)48-25-9-15-31-58(48)69)67-64(66-62)70-59-32-16-10-26-49(59)50-27-11-17-33-60(50)70/h2-38H,1H3. The van der Waals surface area contributed by atoms with E-state index in [0.29, 0.717) is 17.7 Å². The van der Waals surface area contributed by atoms with Gasteiger partial charge in [0.05, 0.1) is 38.8 Å². The maximum absolute atomic E-state index is 5.70. The molecule has 6 nitrogen and oxygen atoms in total. The van der Waals surface area contributed by atoms with Gasteiger partial charge in [0.2, 0.25) is 11.9 Å². The van der Waals surface area contributed by atoms with E-state index in [1.807, 2.05) is 0 Å². The first kappa shape index (κ1) is 38.7. The van der Waals surface area contributed by atoms with E-state index in [1.165, 1.54) is 44.2 Å². The lowest BCUT2D eigenvalue weighted by Gasteiger charge is -2.25. The van der Waals surface area contributed by atoms with E-state index in [0.717, 1.165) is 82.6 Å². The Morgan fingerprint density at radius 2 is 0.571 bits per heavy atom. The van der Waals surface area contributed by atoms with Crippen LogP contribution in [0, 0.1) is 6.92 Å². The fraction of sp³-hybridized carbons (Fsp3) is 0.0156. The number of hydrogen-bond acceptors (Lipinski definition) is 3. The lowest BCUT2D eigenvalue weighted by Crippen LogP contribution is -2.11. The number of aryl methyl sites for hydroxylation is 1. The van der Waals surface area contributed by atoms with Crippen molar-refractivity contribution in [3.05, 3.63) is 230 Å². The molecule has 4 aromatic heterocycles. The second kappa shape index (κ2) is 14.8. The Morgan fingerprint density at radius 3 is 0.986 bits per heavy atom. The molecule has 0 atom stereocenters. The van der Waals surface area contributed by atoms with Crippen molar-refractivity contribution >= 4 is 65.4 Å². The fourth-order valence-electron chi connectivity index (χ4n) is 11.6. The summed E-state index contributed by atoms with van der Waals surface area (Å²) in [6, 6.07) is 81.1. The van der Waals surface area contributed by atoms with Crippen molar-refractivity contribution in [2.75, 3.05) is 0 Å². The van der Waals surface area contributed by atoms with Crippen LogP contribution in [0.15, 0.2) is 224 Å². The third-order valence-electron chi connectivity index (χ3n) is 14.6. The van der Waals surface area contributed by atoms with Crippen LogP contribution in [0.25, 0.3) is 139 Å². The van der Waals surface area contributed by atoms with Crippen molar-refractivity contribution in [1.82, 2.24) is 28.7 Å². The number of para-hydroxylation sites is 6. The predicted octanol–water partition coefficient (Wildman–Crippen LogP) is 16.1. The normalized spacial score (nSPS) is 12.1. The number of nitrogens with zero attached hydrogens (tertiary/aromatic N) is 6. The second-order valence-corrected chi connectivity index (χ2v) is 18.4. The molecule has 0 radical (unpaired) electrons. The van der Waals surface area contributed by atoms with Gasteiger partial charge in [-0.15, -0.1) is 0 Å². The van der Waals surface area contributed by atoms with Crippen LogP contribution in [-0.2, 0) is 0 Å². The third kappa shape index (κ3) is 5.53. The van der Waals surface area contributed by atoms with Gasteiger partial charge in [-0.05, 0) is 100.0 Å². The van der Waals surface area contributed by atoms with Crippen molar-refractivity contribution in [2.45, 2.75) is 6.92 Å². The van der Waals surface area contributed by atoms with E-state index in [4.69, 9.17) is 15.0 Å². The average molecular weight is 893 g/mol. The molecule has 1 aliphatic rings. The van der Waals surface area contributed by atoms with Crippen LogP contribution in [-0.4, -0.2) is 28.7 Å². The van der Waals surface area contributed by atoms with Gasteiger partial charge in [0, 0.05) is 37.9 Å². The van der Waals surface area contributed by atoms with Crippen LogP contribution in [0.3, 0.4) is 0 Å². The van der Waals surface area contributed by atoms with Gasteiger partial charge in [-0.3, -0.25) is 9.13 Å². The van der Waals surface area contributed by atoms with Gasteiger partial charge in [-0.2, -0.15) is 15.0 Å². The summed E-state index contributed by atoms with van der Waals surface area (Å²) < 4.78 is 6.86. The highest BCUT2D eigenvalue weighted by Gasteiger charge is 2.28. The summed E-state index contributed by atoms with van der Waals surface area (Å²) in [6.45, 7) is 2.19. The van der Waals surface area contributed by atoms with E-state index in [2.05, 4.69) is 245 Å². The summed E-state index contributed by atoms with van der Waals surface area (Å²) in [5.41, 5.74) is 18.7. The van der Waals surface area contributed by atoms with Crippen molar-refractivity contribution in [3.63, 3.8) is 0 Å². The number of aromatic nitrogens is 6. The summed E-state index contributed by atoms with van der Waals surface area (Å²) in [6.07, 6.45) is 0. The Morgan fingerprint density at radius 1 is 0.257 bits per heavy atom. The molecule has 14 aromatic rings. The van der Waals surface area contributed by atoms with Crippen LogP contribution in [0.5, 0.6) is 0 Å². The van der Waals surface area contributed by atoms with Gasteiger partial charge in [0.25, 0.3) is 0 Å². The summed E-state index contributed by atoms with van der Waals surface area (Å²) in [5, 5.41) is 6.90. The maximum Gasteiger partial charge on any atom is 0.240 e. The van der Waals surface area contributed by atoms with E-state index in [1.54, 1.807) is 0 Å². The van der Waals surface area contributed by atoms with Gasteiger partial charge in [0.1, 0.15) is 0 Å². The molecule has 70 heavy (non-hydrogen) atoms. The van der Waals surface area contributed by atoms with Crippen LogP contribution in [0.1, 0.15) is 5.56 Å². The number of rotatable bonds is 4. The highest BCUT2D eigenvalue weighted by Crippen LogP contribution is 2.51. The van der Waals surface area contributed by atoms with E-state index < -0.39 is 0 Å². The molecule has 0 aliphatic heterocycles.